The topological polar surface area (TPSA) is 60.9 Å². The number of benzene rings is 1. The molecule has 8 heteroatoms. The maximum atomic E-state index is 13.7. The zero-order valence-corrected chi connectivity index (χ0v) is 20.1. The Bertz CT molecular complexity index is 1080. The molecule has 4 heterocycles. The largest absolute Gasteiger partial charge is 0.370 e. The zero-order chi connectivity index (χ0) is 22.1. The number of sulfonamides is 1. The molecule has 32 heavy (non-hydrogen) atoms. The van der Waals surface area contributed by atoms with Crippen LogP contribution in [0.4, 0.5) is 5.69 Å². The van der Waals surface area contributed by atoms with Crippen LogP contribution in [0.3, 0.4) is 0 Å². The van der Waals surface area contributed by atoms with E-state index in [1.54, 1.807) is 21.7 Å². The first-order valence-electron chi connectivity index (χ1n) is 11.8. The van der Waals surface area contributed by atoms with Gasteiger partial charge >= 0.3 is 0 Å². The summed E-state index contributed by atoms with van der Waals surface area (Å²) in [6.45, 7) is 4.12. The quantitative estimate of drug-likeness (QED) is 0.671. The fraction of sp³-hybridized carbons (Fsp3) is 0.542. The van der Waals surface area contributed by atoms with Crippen LogP contribution >= 0.6 is 11.3 Å². The van der Waals surface area contributed by atoms with Gasteiger partial charge in [-0.3, -0.25) is 4.79 Å². The van der Waals surface area contributed by atoms with Gasteiger partial charge in [0.15, 0.2) is 0 Å². The van der Waals surface area contributed by atoms with E-state index in [-0.39, 0.29) is 5.91 Å². The first-order chi connectivity index (χ1) is 15.5. The highest BCUT2D eigenvalue weighted by molar-refractivity contribution is 7.89. The summed E-state index contributed by atoms with van der Waals surface area (Å²) in [5.74, 6) is -0.0814. The highest BCUT2D eigenvalue weighted by Crippen LogP contribution is 2.33. The molecule has 3 aliphatic heterocycles. The molecule has 0 saturated carbocycles. The summed E-state index contributed by atoms with van der Waals surface area (Å²) in [5.41, 5.74) is 2.44. The Kier molecular flexibility index (Phi) is 6.27. The number of carbonyl (C=O) groups excluding carboxylic acids is 1. The average molecular weight is 474 g/mol. The number of anilines is 1. The Balaban J connectivity index is 1.49. The molecule has 1 amide bonds. The molecule has 1 aromatic carbocycles. The van der Waals surface area contributed by atoms with Crippen LogP contribution in [0.2, 0.25) is 0 Å². The molecule has 3 aliphatic rings. The summed E-state index contributed by atoms with van der Waals surface area (Å²) in [4.78, 5) is 19.1. The maximum absolute atomic E-state index is 13.7. The van der Waals surface area contributed by atoms with Gasteiger partial charge in [-0.1, -0.05) is 6.42 Å². The van der Waals surface area contributed by atoms with Crippen LogP contribution in [0.25, 0.3) is 0 Å². The minimum absolute atomic E-state index is 0.0814. The molecule has 0 N–H and O–H groups in total. The highest BCUT2D eigenvalue weighted by Gasteiger charge is 2.32. The lowest BCUT2D eigenvalue weighted by atomic mass is 10.1. The van der Waals surface area contributed by atoms with Gasteiger partial charge in [0.1, 0.15) is 4.90 Å². The van der Waals surface area contributed by atoms with Crippen molar-refractivity contribution in [3.63, 3.8) is 0 Å². The van der Waals surface area contributed by atoms with E-state index in [4.69, 9.17) is 0 Å². The number of hydrogen-bond acceptors (Lipinski definition) is 5. The lowest BCUT2D eigenvalue weighted by Gasteiger charge is -2.33. The van der Waals surface area contributed by atoms with Crippen molar-refractivity contribution in [2.24, 2.45) is 0 Å². The first kappa shape index (κ1) is 21.9. The second-order valence-electron chi connectivity index (χ2n) is 9.04. The Morgan fingerprint density at radius 2 is 1.59 bits per heavy atom. The number of carbonyl (C=O) groups is 1. The van der Waals surface area contributed by atoms with Crippen LogP contribution in [0.5, 0.6) is 0 Å². The first-order valence-corrected chi connectivity index (χ1v) is 14.1. The third-order valence-corrected chi connectivity index (χ3v) is 9.88. The Labute approximate surface area is 194 Å². The third kappa shape index (κ3) is 4.20. The number of hydrogen-bond donors (Lipinski definition) is 0. The molecule has 2 saturated heterocycles. The van der Waals surface area contributed by atoms with Gasteiger partial charge in [0.25, 0.3) is 5.91 Å². The van der Waals surface area contributed by atoms with Crippen molar-refractivity contribution in [1.82, 2.24) is 9.21 Å². The molecule has 172 valence electrons. The van der Waals surface area contributed by atoms with E-state index >= 15 is 0 Å². The number of rotatable bonds is 4. The highest BCUT2D eigenvalue weighted by atomic mass is 32.2. The van der Waals surface area contributed by atoms with E-state index in [2.05, 4.69) is 16.3 Å². The Hall–Kier alpha value is -1.90. The summed E-state index contributed by atoms with van der Waals surface area (Å²) < 4.78 is 29.0. The van der Waals surface area contributed by atoms with Gasteiger partial charge in [0.2, 0.25) is 10.0 Å². The normalized spacial score (nSPS) is 20.2. The number of amides is 1. The Morgan fingerprint density at radius 1 is 0.875 bits per heavy atom. The van der Waals surface area contributed by atoms with Crippen LogP contribution in [-0.2, 0) is 23.0 Å². The van der Waals surface area contributed by atoms with E-state index in [0.29, 0.717) is 36.6 Å². The van der Waals surface area contributed by atoms with E-state index in [0.717, 1.165) is 57.3 Å². The maximum Gasteiger partial charge on any atom is 0.254 e. The molecule has 0 spiro atoms. The van der Waals surface area contributed by atoms with Gasteiger partial charge < -0.3 is 9.80 Å². The lowest BCUT2D eigenvalue weighted by molar-refractivity contribution is 0.0735. The summed E-state index contributed by atoms with van der Waals surface area (Å²) >= 11 is 1.75. The minimum atomic E-state index is -3.65. The van der Waals surface area contributed by atoms with Gasteiger partial charge in [-0.25, -0.2) is 8.42 Å². The summed E-state index contributed by atoms with van der Waals surface area (Å²) in [6, 6.07) is 7.43. The van der Waals surface area contributed by atoms with Crippen molar-refractivity contribution in [2.45, 2.75) is 56.4 Å². The molecule has 2 fully saturated rings. The fourth-order valence-corrected chi connectivity index (χ4v) is 7.74. The van der Waals surface area contributed by atoms with Gasteiger partial charge in [-0.15, -0.1) is 11.3 Å². The predicted octanol–water partition coefficient (Wildman–Crippen LogP) is 4.11. The predicted molar refractivity (Wildman–Crippen MR) is 128 cm³/mol. The van der Waals surface area contributed by atoms with Crippen LogP contribution in [0.1, 0.15) is 59.3 Å². The van der Waals surface area contributed by atoms with Gasteiger partial charge in [-0.05, 0) is 73.7 Å². The van der Waals surface area contributed by atoms with Gasteiger partial charge in [0, 0.05) is 49.7 Å². The van der Waals surface area contributed by atoms with Crippen LogP contribution in [-0.4, -0.2) is 56.3 Å². The standard InChI is InChI=1S/C24H31N3O3S2/c28-24(26-15-9-22-20(18-26)10-16-31-22)19-7-8-21(25-11-3-1-4-12-25)23(17-19)32(29,30)27-13-5-2-6-14-27/h7-8,10,16-17H,1-6,9,11-15,18H2. The Morgan fingerprint density at radius 3 is 2.34 bits per heavy atom. The van der Waals surface area contributed by atoms with Crippen LogP contribution in [0.15, 0.2) is 34.5 Å². The molecule has 0 aliphatic carbocycles. The van der Waals surface area contributed by atoms with Crippen molar-refractivity contribution in [3.05, 3.63) is 45.6 Å². The molecule has 1 aromatic heterocycles. The molecule has 2 aromatic rings. The minimum Gasteiger partial charge on any atom is -0.370 e. The van der Waals surface area contributed by atoms with Crippen molar-refractivity contribution >= 4 is 33.0 Å². The third-order valence-electron chi connectivity index (χ3n) is 6.93. The molecule has 6 nitrogen and oxygen atoms in total. The van der Waals surface area contributed by atoms with E-state index < -0.39 is 10.0 Å². The van der Waals surface area contributed by atoms with Crippen LogP contribution in [0, 0.1) is 0 Å². The second kappa shape index (κ2) is 9.15. The molecular weight excluding hydrogens is 442 g/mol. The van der Waals surface area contributed by atoms with Crippen molar-refractivity contribution in [2.75, 3.05) is 37.6 Å². The molecule has 5 rings (SSSR count). The van der Waals surface area contributed by atoms with E-state index in [9.17, 15) is 13.2 Å². The van der Waals surface area contributed by atoms with Crippen molar-refractivity contribution in [1.29, 1.82) is 0 Å². The van der Waals surface area contributed by atoms with Crippen molar-refractivity contribution < 1.29 is 13.2 Å². The molecule has 0 radical (unpaired) electrons. The average Bonchev–Trinajstić information content (AvgIpc) is 3.32. The molecule has 0 atom stereocenters. The lowest BCUT2D eigenvalue weighted by Crippen LogP contribution is -2.38. The summed E-state index contributed by atoms with van der Waals surface area (Å²) in [7, 11) is -3.65. The van der Waals surface area contributed by atoms with Gasteiger partial charge in [0.05, 0.1) is 5.69 Å². The monoisotopic (exact) mass is 473 g/mol. The number of nitrogens with zero attached hydrogens (tertiary/aromatic N) is 3. The number of piperidine rings is 2. The number of thiophene rings is 1. The van der Waals surface area contributed by atoms with Gasteiger partial charge in [-0.2, -0.15) is 4.31 Å². The molecule has 0 unspecified atom stereocenters. The SMILES string of the molecule is O=C(c1ccc(N2CCCCC2)c(S(=O)(=O)N2CCCCC2)c1)N1CCc2sccc2C1. The summed E-state index contributed by atoms with van der Waals surface area (Å²) in [6.07, 6.45) is 7.05. The zero-order valence-electron chi connectivity index (χ0n) is 18.5. The second-order valence-corrected chi connectivity index (χ2v) is 11.9. The van der Waals surface area contributed by atoms with Crippen LogP contribution < -0.4 is 4.90 Å². The van der Waals surface area contributed by atoms with Crippen molar-refractivity contribution in [3.8, 4) is 0 Å². The smallest absolute Gasteiger partial charge is 0.254 e. The number of fused-ring (bicyclic) bond motifs is 1. The summed E-state index contributed by atoms with van der Waals surface area (Å²) in [5, 5.41) is 2.08. The fourth-order valence-electron chi connectivity index (χ4n) is 5.10. The van der Waals surface area contributed by atoms with E-state index in [1.807, 2.05) is 17.0 Å². The molecule has 0 bridgehead atoms. The molecular formula is C24H31N3O3S2. The van der Waals surface area contributed by atoms with E-state index in [1.165, 1.54) is 16.9 Å².